The Labute approximate surface area is 211 Å². The Morgan fingerprint density at radius 2 is 1.92 bits per heavy atom. The summed E-state index contributed by atoms with van der Waals surface area (Å²) in [4.78, 5) is 48.6. The first-order valence-electron chi connectivity index (χ1n) is 12.0. The van der Waals surface area contributed by atoms with E-state index in [1.165, 1.54) is 0 Å². The summed E-state index contributed by atoms with van der Waals surface area (Å²) in [5.74, 6) is -4.54. The van der Waals surface area contributed by atoms with Crippen LogP contribution in [0, 0.1) is 0 Å². The molecule has 2 heterocycles. The molecule has 1 fully saturated rings. The maximum Gasteiger partial charge on any atom is 0.345 e. The second-order valence-electron chi connectivity index (χ2n) is 9.99. The van der Waals surface area contributed by atoms with E-state index in [0.717, 1.165) is 11.1 Å². The number of rotatable bonds is 8. The Bertz CT molecular complexity index is 1230. The van der Waals surface area contributed by atoms with Crippen molar-refractivity contribution in [3.8, 4) is 11.5 Å². The monoisotopic (exact) mass is 517 g/mol. The lowest BCUT2D eigenvalue weighted by molar-refractivity contribution is -0.171. The number of hydrogen-bond acceptors (Lipinski definition) is 10. The van der Waals surface area contributed by atoms with Crippen molar-refractivity contribution in [2.45, 2.75) is 67.8 Å². The molecule has 0 radical (unpaired) electrons. The van der Waals surface area contributed by atoms with Crippen LogP contribution >= 0.6 is 0 Å². The number of likely N-dealkylation sites (N-methyl/N-ethyl adjacent to an activating group) is 1. The molecule has 37 heavy (non-hydrogen) atoms. The van der Waals surface area contributed by atoms with Gasteiger partial charge in [-0.15, -0.1) is 0 Å². The summed E-state index contributed by atoms with van der Waals surface area (Å²) in [5, 5.41) is 40.4. The molecule has 5 rings (SSSR count). The van der Waals surface area contributed by atoms with Gasteiger partial charge in [-0.1, -0.05) is 6.07 Å². The number of carbonyl (C=O) groups is 4. The molecule has 0 aromatic heterocycles. The Morgan fingerprint density at radius 3 is 2.62 bits per heavy atom. The number of nitrogens with zero attached hydrogens (tertiary/aromatic N) is 1. The molecule has 0 saturated carbocycles. The third kappa shape index (κ3) is 3.74. The van der Waals surface area contributed by atoms with E-state index in [0.29, 0.717) is 19.4 Å². The lowest BCUT2D eigenvalue weighted by Gasteiger charge is -2.61. The van der Waals surface area contributed by atoms with Crippen LogP contribution < -0.4 is 4.74 Å². The zero-order chi connectivity index (χ0) is 26.7. The zero-order valence-electron chi connectivity index (χ0n) is 20.0. The van der Waals surface area contributed by atoms with Gasteiger partial charge in [0, 0.05) is 18.0 Å². The highest BCUT2D eigenvalue weighted by Crippen LogP contribution is 2.65. The number of ether oxygens (including phenoxy) is 3. The lowest BCUT2D eigenvalue weighted by atomic mass is 9.50. The molecule has 12 nitrogen and oxygen atoms in total. The van der Waals surface area contributed by atoms with E-state index in [9.17, 15) is 29.4 Å². The number of carboxylic acids is 2. The molecule has 2 aliphatic carbocycles. The quantitative estimate of drug-likeness (QED) is 0.351. The van der Waals surface area contributed by atoms with E-state index in [1.807, 2.05) is 13.1 Å². The van der Waals surface area contributed by atoms with Gasteiger partial charge in [0.25, 0.3) is 0 Å². The molecule has 4 N–H and O–H groups in total. The first-order valence-corrected chi connectivity index (χ1v) is 12.0. The topological polar surface area (TPSA) is 180 Å². The molecule has 1 spiro atoms. The molecule has 0 unspecified atom stereocenters. The molecule has 4 aliphatic rings. The summed E-state index contributed by atoms with van der Waals surface area (Å²) < 4.78 is 16.4. The fraction of sp³-hybridized carbons (Fsp3) is 0.520. The molecule has 2 bridgehead atoms. The predicted octanol–water partition coefficient (Wildman–Crippen LogP) is 0.464. The van der Waals surface area contributed by atoms with Crippen LogP contribution in [0.5, 0.6) is 11.5 Å². The lowest BCUT2D eigenvalue weighted by Crippen LogP contribution is -2.74. The van der Waals surface area contributed by atoms with Crippen molar-refractivity contribution in [3.63, 3.8) is 0 Å². The first kappa shape index (κ1) is 25.0. The van der Waals surface area contributed by atoms with Gasteiger partial charge < -0.3 is 39.5 Å². The SMILES string of the molecule is CN1CC[C@]23c4c5ccc(O)c4O[C@H]2C(OC(=O)CCC(=O)O[C@H](CC(=O)O)C(=O)O)=CC[C@@]3(O)[C@H]1C5. The minimum Gasteiger partial charge on any atom is -0.504 e. The van der Waals surface area contributed by atoms with Crippen molar-refractivity contribution in [3.05, 3.63) is 35.1 Å². The number of phenols is 1. The molecule has 1 saturated heterocycles. The Kier molecular flexibility index (Phi) is 5.91. The maximum absolute atomic E-state index is 12.6. The summed E-state index contributed by atoms with van der Waals surface area (Å²) in [7, 11) is 1.95. The molecule has 1 aromatic carbocycles. The number of aromatic hydroxyl groups is 1. The average Bonchev–Trinajstić information content (AvgIpc) is 3.19. The van der Waals surface area contributed by atoms with E-state index in [1.54, 1.807) is 12.1 Å². The van der Waals surface area contributed by atoms with Gasteiger partial charge >= 0.3 is 23.9 Å². The molecule has 0 amide bonds. The number of aliphatic carboxylic acids is 2. The highest BCUT2D eigenvalue weighted by molar-refractivity contribution is 5.84. The second kappa shape index (κ2) is 8.73. The third-order valence-electron chi connectivity index (χ3n) is 8.03. The molecular formula is C25H27NO11. The van der Waals surface area contributed by atoms with Gasteiger partial charge in [-0.05, 0) is 44.1 Å². The Balaban J connectivity index is 1.34. The minimum atomic E-state index is -1.87. The van der Waals surface area contributed by atoms with Gasteiger partial charge in [0.2, 0.25) is 6.10 Å². The number of piperidine rings is 1. The van der Waals surface area contributed by atoms with E-state index in [2.05, 4.69) is 9.64 Å². The van der Waals surface area contributed by atoms with Crippen LogP contribution in [0.2, 0.25) is 0 Å². The summed E-state index contributed by atoms with van der Waals surface area (Å²) >= 11 is 0. The number of aliphatic hydroxyl groups is 1. The summed E-state index contributed by atoms with van der Waals surface area (Å²) in [6.45, 7) is 0.662. The van der Waals surface area contributed by atoms with Crippen molar-refractivity contribution in [1.82, 2.24) is 4.90 Å². The van der Waals surface area contributed by atoms with Crippen molar-refractivity contribution < 1.29 is 53.8 Å². The van der Waals surface area contributed by atoms with Crippen LogP contribution in [0.4, 0.5) is 0 Å². The van der Waals surface area contributed by atoms with E-state index in [-0.39, 0.29) is 29.7 Å². The van der Waals surface area contributed by atoms with Crippen LogP contribution in [-0.2, 0) is 40.5 Å². The van der Waals surface area contributed by atoms with Crippen LogP contribution in [0.1, 0.15) is 43.2 Å². The zero-order valence-corrected chi connectivity index (χ0v) is 20.0. The van der Waals surface area contributed by atoms with Crippen molar-refractivity contribution in [2.75, 3.05) is 13.6 Å². The number of carboxylic acid groups (broad SMARTS) is 2. The number of likely N-dealkylation sites (tertiary alicyclic amines) is 1. The normalized spacial score (nSPS) is 29.8. The van der Waals surface area contributed by atoms with E-state index < -0.39 is 66.4 Å². The van der Waals surface area contributed by atoms with Crippen LogP contribution in [0.3, 0.4) is 0 Å². The Hall–Kier alpha value is -3.64. The fourth-order valence-electron chi connectivity index (χ4n) is 6.38. The van der Waals surface area contributed by atoms with Gasteiger partial charge in [0.05, 0.1) is 30.3 Å². The predicted molar refractivity (Wildman–Crippen MR) is 122 cm³/mol. The summed E-state index contributed by atoms with van der Waals surface area (Å²) in [6.07, 6.45) is -1.73. The van der Waals surface area contributed by atoms with Crippen LogP contribution in [-0.4, -0.2) is 86.6 Å². The van der Waals surface area contributed by atoms with Crippen molar-refractivity contribution in [2.24, 2.45) is 0 Å². The number of phenolic OH excluding ortho intramolecular Hbond substituents is 1. The minimum absolute atomic E-state index is 0.0648. The number of benzene rings is 1. The highest BCUT2D eigenvalue weighted by Gasteiger charge is 2.72. The molecule has 12 heteroatoms. The fourth-order valence-corrected chi connectivity index (χ4v) is 6.38. The standard InChI is InChI=1S/C25H27NO11/c1-26-9-8-24-20-12-2-3-13(27)21(20)37-22(24)14(6-7-25(24,34)16(26)10-12)35-18(30)4-5-19(31)36-15(23(32)33)11-17(28)29/h2-3,6,15-16,22,27,34H,4-5,7-11H2,1H3,(H,28,29)(H,32,33)/t15-,16-,22+,24+,25-/m1/s1. The van der Waals surface area contributed by atoms with Crippen LogP contribution in [0.25, 0.3) is 0 Å². The third-order valence-corrected chi connectivity index (χ3v) is 8.03. The maximum atomic E-state index is 12.6. The van der Waals surface area contributed by atoms with E-state index >= 15 is 0 Å². The molecule has 2 aliphatic heterocycles. The highest BCUT2D eigenvalue weighted by atomic mass is 16.6. The smallest absolute Gasteiger partial charge is 0.345 e. The van der Waals surface area contributed by atoms with Gasteiger partial charge in [-0.3, -0.25) is 14.4 Å². The van der Waals surface area contributed by atoms with Gasteiger partial charge in [0.1, 0.15) is 5.76 Å². The number of hydrogen-bond donors (Lipinski definition) is 4. The second-order valence-corrected chi connectivity index (χ2v) is 9.99. The number of carbonyl (C=O) groups excluding carboxylic acids is 2. The molecule has 198 valence electrons. The van der Waals surface area contributed by atoms with Gasteiger partial charge in [-0.2, -0.15) is 0 Å². The number of esters is 2. The molecular weight excluding hydrogens is 490 g/mol. The summed E-state index contributed by atoms with van der Waals surface area (Å²) in [5.41, 5.74) is -0.443. The van der Waals surface area contributed by atoms with Crippen LogP contribution in [0.15, 0.2) is 24.0 Å². The molecule has 5 atom stereocenters. The first-order chi connectivity index (χ1) is 17.5. The Morgan fingerprint density at radius 1 is 1.19 bits per heavy atom. The van der Waals surface area contributed by atoms with E-state index in [4.69, 9.17) is 19.7 Å². The largest absolute Gasteiger partial charge is 0.504 e. The van der Waals surface area contributed by atoms with Crippen molar-refractivity contribution in [1.29, 1.82) is 0 Å². The van der Waals surface area contributed by atoms with Gasteiger partial charge in [-0.25, -0.2) is 4.79 Å². The average molecular weight is 517 g/mol. The van der Waals surface area contributed by atoms with Gasteiger partial charge in [0.15, 0.2) is 17.6 Å². The summed E-state index contributed by atoms with van der Waals surface area (Å²) in [6, 6.07) is 3.18. The molecule has 1 aromatic rings. The van der Waals surface area contributed by atoms with Crippen molar-refractivity contribution >= 4 is 23.9 Å².